The van der Waals surface area contributed by atoms with Crippen molar-refractivity contribution < 1.29 is 86.8 Å². The van der Waals surface area contributed by atoms with Gasteiger partial charge < -0.3 is 0 Å². The van der Waals surface area contributed by atoms with Crippen LogP contribution in [0.25, 0.3) is 22.5 Å². The second-order valence-electron chi connectivity index (χ2n) is 8.34. The van der Waals surface area contributed by atoms with Crippen molar-refractivity contribution in [1.29, 1.82) is 0 Å². The number of hydrogen-bond donors (Lipinski definition) is 0. The first-order valence-electron chi connectivity index (χ1n) is 10.9. The summed E-state index contributed by atoms with van der Waals surface area (Å²) in [5, 5.41) is 0. The molecule has 20 heteroatoms. The van der Waals surface area contributed by atoms with Crippen molar-refractivity contribution in [3.05, 3.63) is 95.3 Å². The molecule has 0 aliphatic heterocycles. The van der Waals surface area contributed by atoms with Gasteiger partial charge in [-0.1, -0.05) is 0 Å². The van der Waals surface area contributed by atoms with Crippen LogP contribution in [0.1, 0.15) is 11.1 Å². The van der Waals surface area contributed by atoms with Crippen LogP contribution in [0.15, 0.2) is 60.9 Å². The Hall–Kier alpha value is -3.30. The second-order valence-corrected chi connectivity index (χ2v) is 13.4. The van der Waals surface area contributed by atoms with E-state index in [1.165, 1.54) is 0 Å². The molecule has 44 heavy (non-hydrogen) atoms. The topological polar surface area (TPSA) is 25.8 Å². The molecule has 0 atom stereocenters. The van der Waals surface area contributed by atoms with E-state index in [-0.39, 0.29) is 30.7 Å². The number of nitrogens with zero attached hydrogens (tertiary/aromatic N) is 2. The van der Waals surface area contributed by atoms with Crippen molar-refractivity contribution >= 4 is 16.0 Å². The molecule has 0 N–H and O–H groups in total. The van der Waals surface area contributed by atoms with Crippen LogP contribution in [0, 0.1) is 23.3 Å². The summed E-state index contributed by atoms with van der Waals surface area (Å²) >= 11 is -2.06. The van der Waals surface area contributed by atoms with Gasteiger partial charge in [0, 0.05) is 0 Å². The van der Waals surface area contributed by atoms with E-state index in [0.29, 0.717) is 36.7 Å². The summed E-state index contributed by atoms with van der Waals surface area (Å²) in [5.74, 6) is -4.45. The summed E-state index contributed by atoms with van der Waals surface area (Å²) in [6, 6.07) is 5.74. The fourth-order valence-electron chi connectivity index (χ4n) is 3.19. The van der Waals surface area contributed by atoms with Gasteiger partial charge in [0.15, 0.2) is 0 Å². The van der Waals surface area contributed by atoms with Gasteiger partial charge in [-0.25, -0.2) is 0 Å². The van der Waals surface area contributed by atoms with Crippen LogP contribution in [0.5, 0.6) is 0 Å². The molecule has 0 unspecified atom stereocenters. The van der Waals surface area contributed by atoms with Crippen LogP contribution in [-0.4, -0.2) is 9.97 Å². The van der Waals surface area contributed by atoms with Gasteiger partial charge >= 0.3 is 243 Å². The molecule has 242 valence electrons. The number of aromatic nitrogens is 2. The predicted octanol–water partition coefficient (Wildman–Crippen LogP) is 9.82. The van der Waals surface area contributed by atoms with E-state index in [1.807, 2.05) is 0 Å². The van der Waals surface area contributed by atoms with E-state index in [1.54, 1.807) is 0 Å². The normalized spacial score (nSPS) is 14.0. The van der Waals surface area contributed by atoms with Crippen LogP contribution in [0.4, 0.5) is 69.1 Å². The maximum atomic E-state index is 14.8. The quantitative estimate of drug-likeness (QED) is 0.151. The molecule has 0 saturated heterocycles. The Morgan fingerprint density at radius 1 is 0.523 bits per heavy atom. The zero-order chi connectivity index (χ0) is 33.5. The van der Waals surface area contributed by atoms with Crippen molar-refractivity contribution in [2.24, 2.45) is 0 Å². The van der Waals surface area contributed by atoms with Gasteiger partial charge in [-0.15, -0.1) is 0 Å². The molecule has 0 aliphatic rings. The third-order valence-corrected chi connectivity index (χ3v) is 8.03. The SMILES string of the molecule is F[P-](F)(F)(F)(F)F.Fc1cc(F)c(-c2ccc(C(F)(F)F)cn2)[c]([Ir+][c]2cc(F)cc(F)c2-c2ccc(C(F)(F)F)cn2)c1. The van der Waals surface area contributed by atoms with Gasteiger partial charge in [-0.3, -0.25) is 0 Å². The molecule has 0 spiro atoms. The molecule has 4 aromatic rings. The minimum absolute atomic E-state index is 0.108. The van der Waals surface area contributed by atoms with E-state index in [4.69, 9.17) is 0 Å². The molecular formula is C24H10F16IrN2P. The molecule has 2 heterocycles. The molecule has 0 bridgehead atoms. The molecule has 0 saturated carbocycles. The summed E-state index contributed by atoms with van der Waals surface area (Å²) in [5.41, 5.74) is -3.53. The number of pyridine rings is 2. The van der Waals surface area contributed by atoms with Crippen molar-refractivity contribution in [2.45, 2.75) is 12.4 Å². The Morgan fingerprint density at radius 3 is 1.09 bits per heavy atom. The molecular weight excluding hydrogens is 843 g/mol. The molecule has 2 aromatic carbocycles. The first-order chi connectivity index (χ1) is 19.7. The van der Waals surface area contributed by atoms with Crippen LogP contribution >= 0.6 is 7.81 Å². The first kappa shape index (κ1) is 35.2. The predicted molar refractivity (Wildman–Crippen MR) is 122 cm³/mol. The molecule has 2 aromatic heterocycles. The molecule has 0 fully saturated rings. The number of benzene rings is 2. The van der Waals surface area contributed by atoms with Crippen molar-refractivity contribution in [1.82, 2.24) is 9.97 Å². The van der Waals surface area contributed by atoms with Gasteiger partial charge in [0.05, 0.1) is 0 Å². The number of halogens is 16. The van der Waals surface area contributed by atoms with Crippen LogP contribution in [0.2, 0.25) is 0 Å². The Kier molecular flexibility index (Phi) is 8.99. The van der Waals surface area contributed by atoms with Crippen LogP contribution < -0.4 is 8.15 Å². The Balaban J connectivity index is 0.000000676. The Labute approximate surface area is 243 Å². The van der Waals surface area contributed by atoms with E-state index >= 15 is 0 Å². The fraction of sp³-hybridized carbons (Fsp3) is 0.0833. The van der Waals surface area contributed by atoms with Crippen LogP contribution in [-0.2, 0) is 30.0 Å². The van der Waals surface area contributed by atoms with Gasteiger partial charge in [0.2, 0.25) is 0 Å². The maximum absolute atomic E-state index is 14.8. The van der Waals surface area contributed by atoms with Crippen LogP contribution in [0.3, 0.4) is 0 Å². The molecule has 2 nitrogen and oxygen atoms in total. The Morgan fingerprint density at radius 2 is 0.841 bits per heavy atom. The second kappa shape index (κ2) is 11.2. The fourth-order valence-corrected chi connectivity index (χ4v) is 6.67. The van der Waals surface area contributed by atoms with Gasteiger partial charge in [-0.2, -0.15) is 0 Å². The van der Waals surface area contributed by atoms with Gasteiger partial charge in [0.25, 0.3) is 0 Å². The average Bonchev–Trinajstić information content (AvgIpc) is 2.81. The van der Waals surface area contributed by atoms with Crippen molar-refractivity contribution in [3.8, 4) is 22.5 Å². The molecule has 0 radical (unpaired) electrons. The van der Waals surface area contributed by atoms with Crippen molar-refractivity contribution in [2.75, 3.05) is 0 Å². The monoisotopic (exact) mass is 854 g/mol. The first-order valence-corrected chi connectivity index (χ1v) is 15.3. The third-order valence-electron chi connectivity index (χ3n) is 4.85. The molecule has 0 amide bonds. The summed E-state index contributed by atoms with van der Waals surface area (Å²) < 4.78 is 194. The zero-order valence-corrected chi connectivity index (χ0v) is 23.8. The summed E-state index contributed by atoms with van der Waals surface area (Å²) in [7, 11) is -10.7. The summed E-state index contributed by atoms with van der Waals surface area (Å²) in [6.07, 6.45) is -8.51. The van der Waals surface area contributed by atoms with E-state index in [9.17, 15) is 69.1 Å². The van der Waals surface area contributed by atoms with Gasteiger partial charge in [-0.05, 0) is 0 Å². The van der Waals surface area contributed by atoms with E-state index in [0.717, 1.165) is 24.3 Å². The zero-order valence-electron chi connectivity index (χ0n) is 20.5. The van der Waals surface area contributed by atoms with Crippen molar-refractivity contribution in [3.63, 3.8) is 0 Å². The van der Waals surface area contributed by atoms with E-state index in [2.05, 4.69) is 9.97 Å². The van der Waals surface area contributed by atoms with E-state index < -0.39 is 72.3 Å². The van der Waals surface area contributed by atoms with Gasteiger partial charge in [0.1, 0.15) is 0 Å². The third kappa shape index (κ3) is 10.4. The average molecular weight is 854 g/mol. The number of alkyl halides is 6. The number of rotatable bonds is 4. The Bertz CT molecular complexity index is 1540. The standard InChI is InChI=1S/2C12H5F5N.F6P.Ir/c2*13-8-2-3-9(10(14)5-8)11-4-1-7(6-18-11)12(15,16)17;1-7(2,3,4,5)6;/h2*1-2,4-6H;;/q;;-1;+1. The molecule has 4 rings (SSSR count). The summed E-state index contributed by atoms with van der Waals surface area (Å²) in [6.45, 7) is 0. The summed E-state index contributed by atoms with van der Waals surface area (Å²) in [4.78, 5) is 7.25. The number of hydrogen-bond acceptors (Lipinski definition) is 2. The minimum atomic E-state index is -10.7. The molecule has 0 aliphatic carbocycles.